The highest BCUT2D eigenvalue weighted by Gasteiger charge is 2.16. The molecular weight excluding hydrogens is 346 g/mol. The van der Waals surface area contributed by atoms with E-state index in [2.05, 4.69) is 20.6 Å². The molecular formula is C15H15N5O4S. The first kappa shape index (κ1) is 16.8. The Bertz CT molecular complexity index is 1000. The Kier molecular flexibility index (Phi) is 4.36. The van der Waals surface area contributed by atoms with Gasteiger partial charge in [0.05, 0.1) is 10.6 Å². The zero-order chi connectivity index (χ0) is 18.0. The average molecular weight is 361 g/mol. The number of nitrogens with zero attached hydrogens (tertiary/aromatic N) is 4. The summed E-state index contributed by atoms with van der Waals surface area (Å²) in [5, 5.41) is 14.0. The Morgan fingerprint density at radius 1 is 1.20 bits per heavy atom. The van der Waals surface area contributed by atoms with Gasteiger partial charge in [-0.2, -0.15) is 5.10 Å². The summed E-state index contributed by atoms with van der Waals surface area (Å²) in [5.74, 6) is -0.284. The smallest absolute Gasteiger partial charge is 0.322 e. The van der Waals surface area contributed by atoms with E-state index in [1.54, 1.807) is 38.4 Å². The van der Waals surface area contributed by atoms with Crippen molar-refractivity contribution < 1.29 is 17.6 Å². The zero-order valence-corrected chi connectivity index (χ0v) is 14.3. The number of anilines is 1. The lowest BCUT2D eigenvalue weighted by Gasteiger charge is -2.01. The van der Waals surface area contributed by atoms with Gasteiger partial charge in [0.15, 0.2) is 15.5 Å². The molecule has 3 rings (SSSR count). The van der Waals surface area contributed by atoms with Crippen molar-refractivity contribution in [3.8, 4) is 11.5 Å². The third-order valence-electron chi connectivity index (χ3n) is 3.43. The molecule has 3 aromatic rings. The normalized spacial score (nSPS) is 11.4. The molecule has 130 valence electrons. The van der Waals surface area contributed by atoms with Gasteiger partial charge in [-0.15, -0.1) is 5.10 Å². The lowest BCUT2D eigenvalue weighted by Crippen LogP contribution is -2.13. The van der Waals surface area contributed by atoms with Crippen molar-refractivity contribution in [3.63, 3.8) is 0 Å². The minimum Gasteiger partial charge on any atom is -0.403 e. The Morgan fingerprint density at radius 3 is 2.52 bits per heavy atom. The van der Waals surface area contributed by atoms with Crippen molar-refractivity contribution in [2.75, 3.05) is 11.1 Å². The molecule has 2 heterocycles. The van der Waals surface area contributed by atoms with Crippen molar-refractivity contribution in [1.82, 2.24) is 20.0 Å². The Hall–Kier alpha value is -3.01. The molecule has 0 bridgehead atoms. The van der Waals surface area contributed by atoms with E-state index in [0.29, 0.717) is 5.56 Å². The number of benzene rings is 1. The van der Waals surface area contributed by atoms with Gasteiger partial charge in [-0.3, -0.25) is 14.8 Å². The molecule has 0 saturated heterocycles. The number of aromatic nitrogens is 4. The number of sulfone groups is 1. The second-order valence-corrected chi connectivity index (χ2v) is 7.45. The topological polar surface area (TPSA) is 120 Å². The molecule has 2 aromatic heterocycles. The van der Waals surface area contributed by atoms with Gasteiger partial charge in [-0.25, -0.2) is 8.42 Å². The highest BCUT2D eigenvalue weighted by molar-refractivity contribution is 7.91. The first-order valence-electron chi connectivity index (χ1n) is 7.37. The molecule has 0 radical (unpaired) electrons. The number of amides is 1. The van der Waals surface area contributed by atoms with Gasteiger partial charge >= 0.3 is 6.01 Å². The van der Waals surface area contributed by atoms with Gasteiger partial charge in [0.1, 0.15) is 0 Å². The van der Waals surface area contributed by atoms with Crippen molar-refractivity contribution in [1.29, 1.82) is 0 Å². The minimum atomic E-state index is -3.27. The van der Waals surface area contributed by atoms with Crippen LogP contribution in [0.25, 0.3) is 11.5 Å². The first-order valence-corrected chi connectivity index (χ1v) is 9.02. The summed E-state index contributed by atoms with van der Waals surface area (Å²) in [4.78, 5) is 12.2. The molecule has 0 aliphatic heterocycles. The van der Waals surface area contributed by atoms with Crippen LogP contribution in [0.4, 0.5) is 6.01 Å². The summed E-state index contributed by atoms with van der Waals surface area (Å²) in [6.45, 7) is 1.58. The fourth-order valence-electron chi connectivity index (χ4n) is 2.06. The van der Waals surface area contributed by atoms with Crippen molar-refractivity contribution in [2.45, 2.75) is 11.8 Å². The van der Waals surface area contributed by atoms with Crippen LogP contribution in [0.5, 0.6) is 0 Å². The largest absolute Gasteiger partial charge is 0.403 e. The monoisotopic (exact) mass is 361 g/mol. The second-order valence-electron chi connectivity index (χ2n) is 5.17. The fourth-order valence-corrected chi connectivity index (χ4v) is 2.94. The van der Waals surface area contributed by atoms with Crippen LogP contribution >= 0.6 is 0 Å². The Morgan fingerprint density at radius 2 is 1.92 bits per heavy atom. The maximum absolute atomic E-state index is 12.0. The Labute approximate surface area is 143 Å². The minimum absolute atomic E-state index is 0.0244. The van der Waals surface area contributed by atoms with Crippen molar-refractivity contribution in [2.24, 2.45) is 7.05 Å². The molecule has 10 heteroatoms. The van der Waals surface area contributed by atoms with Gasteiger partial charge in [0, 0.05) is 18.8 Å². The molecule has 0 atom stereocenters. The van der Waals surface area contributed by atoms with E-state index in [4.69, 9.17) is 4.42 Å². The number of carbonyl (C=O) groups excluding carboxylic acids is 1. The lowest BCUT2D eigenvalue weighted by molar-refractivity contribution is 0.101. The predicted molar refractivity (Wildman–Crippen MR) is 88.6 cm³/mol. The summed E-state index contributed by atoms with van der Waals surface area (Å²) < 4.78 is 30.5. The molecule has 25 heavy (non-hydrogen) atoms. The standard InChI is InChI=1S/C15H15N5O4S/c1-3-25(22,23)11-6-4-10(5-7-11)14-17-18-15(24-14)16-13(21)12-8-9-20(2)19-12/h4-9H,3H2,1-2H3,(H,16,18,21). The third kappa shape index (κ3) is 3.58. The maximum atomic E-state index is 12.0. The Balaban J connectivity index is 1.76. The van der Waals surface area contributed by atoms with E-state index in [-0.39, 0.29) is 28.2 Å². The van der Waals surface area contributed by atoms with Crippen LogP contribution in [-0.2, 0) is 16.9 Å². The van der Waals surface area contributed by atoms with Gasteiger partial charge < -0.3 is 4.42 Å². The molecule has 0 fully saturated rings. The number of rotatable bonds is 5. The van der Waals surface area contributed by atoms with Crippen molar-refractivity contribution >= 4 is 21.8 Å². The number of nitrogens with one attached hydrogen (secondary N) is 1. The number of hydrogen-bond donors (Lipinski definition) is 1. The summed E-state index contributed by atoms with van der Waals surface area (Å²) >= 11 is 0. The van der Waals surface area contributed by atoms with E-state index < -0.39 is 15.7 Å². The number of aryl methyl sites for hydroxylation is 1. The molecule has 0 aliphatic rings. The summed E-state index contributed by atoms with van der Waals surface area (Å²) in [7, 11) is -1.57. The van der Waals surface area contributed by atoms with Gasteiger partial charge in [-0.05, 0) is 30.3 Å². The summed E-state index contributed by atoms with van der Waals surface area (Å²) in [6.07, 6.45) is 1.64. The highest BCUT2D eigenvalue weighted by Crippen LogP contribution is 2.22. The van der Waals surface area contributed by atoms with Crippen LogP contribution in [-0.4, -0.2) is 40.1 Å². The van der Waals surface area contributed by atoms with E-state index in [1.165, 1.54) is 16.8 Å². The zero-order valence-electron chi connectivity index (χ0n) is 13.5. The lowest BCUT2D eigenvalue weighted by atomic mass is 10.2. The van der Waals surface area contributed by atoms with E-state index in [9.17, 15) is 13.2 Å². The molecule has 1 amide bonds. The van der Waals surface area contributed by atoms with E-state index in [1.807, 2.05) is 0 Å². The molecule has 1 aromatic carbocycles. The predicted octanol–water partition coefficient (Wildman–Crippen LogP) is 1.52. The summed E-state index contributed by atoms with van der Waals surface area (Å²) in [5.41, 5.74) is 0.761. The van der Waals surface area contributed by atoms with Gasteiger partial charge in [-0.1, -0.05) is 12.0 Å². The second kappa shape index (κ2) is 6.48. The van der Waals surface area contributed by atoms with Crippen molar-refractivity contribution in [3.05, 3.63) is 42.2 Å². The van der Waals surface area contributed by atoms with Gasteiger partial charge in [0.2, 0.25) is 5.89 Å². The van der Waals surface area contributed by atoms with Crippen LogP contribution < -0.4 is 5.32 Å². The molecule has 0 spiro atoms. The van der Waals surface area contributed by atoms with Crippen LogP contribution in [0.15, 0.2) is 45.8 Å². The summed E-state index contributed by atoms with van der Waals surface area (Å²) in [6, 6.07) is 7.57. The molecule has 1 N–H and O–H groups in total. The van der Waals surface area contributed by atoms with Crippen LogP contribution in [0.3, 0.4) is 0 Å². The number of carbonyl (C=O) groups is 1. The molecule has 0 unspecified atom stereocenters. The van der Waals surface area contributed by atoms with E-state index >= 15 is 0 Å². The first-order chi connectivity index (χ1) is 11.9. The van der Waals surface area contributed by atoms with Crippen LogP contribution in [0, 0.1) is 0 Å². The third-order valence-corrected chi connectivity index (χ3v) is 5.18. The average Bonchev–Trinajstić information content (AvgIpc) is 3.24. The number of hydrogen-bond acceptors (Lipinski definition) is 7. The fraction of sp³-hybridized carbons (Fsp3) is 0.200. The highest BCUT2D eigenvalue weighted by atomic mass is 32.2. The van der Waals surface area contributed by atoms with Gasteiger partial charge in [0.25, 0.3) is 5.91 Å². The molecule has 0 aliphatic carbocycles. The maximum Gasteiger partial charge on any atom is 0.322 e. The van der Waals surface area contributed by atoms with E-state index in [0.717, 1.165) is 0 Å². The van der Waals surface area contributed by atoms with Crippen LogP contribution in [0.1, 0.15) is 17.4 Å². The quantitative estimate of drug-likeness (QED) is 0.731. The van der Waals surface area contributed by atoms with Crippen LogP contribution in [0.2, 0.25) is 0 Å². The SMILES string of the molecule is CCS(=O)(=O)c1ccc(-c2nnc(NC(=O)c3ccn(C)n3)o2)cc1. The molecule has 9 nitrogen and oxygen atoms in total. The molecule has 0 saturated carbocycles.